The summed E-state index contributed by atoms with van der Waals surface area (Å²) in [6.07, 6.45) is 5.15. The smallest absolute Gasteiger partial charge is 0.330 e. The third-order valence-electron chi connectivity index (χ3n) is 1.32. The van der Waals surface area contributed by atoms with Crippen molar-refractivity contribution in [2.75, 3.05) is 0 Å². The quantitative estimate of drug-likeness (QED) is 0.556. The second-order valence-corrected chi connectivity index (χ2v) is 2.23. The Hall–Kier alpha value is -1.25. The summed E-state index contributed by atoms with van der Waals surface area (Å²) in [5, 5.41) is 11.2. The number of dihydropyridines is 1. The van der Waals surface area contributed by atoms with Gasteiger partial charge in [-0.05, 0) is 25.3 Å². The van der Waals surface area contributed by atoms with E-state index < -0.39 is 12.0 Å². The standard InChI is InChI=1S/C7H9NO2/c1-5-2-3-8-6(4-5)7(9)10/h2-4,6,8H,1H3,(H,9,10). The van der Waals surface area contributed by atoms with Gasteiger partial charge in [-0.15, -0.1) is 0 Å². The van der Waals surface area contributed by atoms with Crippen molar-refractivity contribution in [3.05, 3.63) is 23.9 Å². The van der Waals surface area contributed by atoms with E-state index in [1.807, 2.05) is 13.0 Å². The van der Waals surface area contributed by atoms with Crippen LogP contribution in [0.3, 0.4) is 0 Å². The zero-order valence-corrected chi connectivity index (χ0v) is 5.66. The molecule has 0 fully saturated rings. The first-order valence-corrected chi connectivity index (χ1v) is 3.04. The highest BCUT2D eigenvalue weighted by Gasteiger charge is 2.13. The molecule has 54 valence electrons. The van der Waals surface area contributed by atoms with E-state index in [1.54, 1.807) is 12.3 Å². The number of carbonyl (C=O) groups is 1. The Morgan fingerprint density at radius 2 is 2.50 bits per heavy atom. The molecule has 0 aromatic carbocycles. The van der Waals surface area contributed by atoms with E-state index in [2.05, 4.69) is 5.32 Å². The van der Waals surface area contributed by atoms with Gasteiger partial charge in [0.05, 0.1) is 0 Å². The number of aliphatic carboxylic acids is 1. The first-order chi connectivity index (χ1) is 4.70. The number of rotatable bonds is 1. The van der Waals surface area contributed by atoms with E-state index in [-0.39, 0.29) is 0 Å². The minimum Gasteiger partial charge on any atom is -0.479 e. The van der Waals surface area contributed by atoms with Crippen molar-refractivity contribution in [3.8, 4) is 0 Å². The zero-order valence-electron chi connectivity index (χ0n) is 5.66. The number of carboxylic acid groups (broad SMARTS) is 1. The molecule has 0 aromatic rings. The van der Waals surface area contributed by atoms with E-state index in [0.29, 0.717) is 0 Å². The van der Waals surface area contributed by atoms with Crippen molar-refractivity contribution in [2.24, 2.45) is 0 Å². The summed E-state index contributed by atoms with van der Waals surface area (Å²) in [6, 6.07) is -0.551. The third-order valence-corrected chi connectivity index (χ3v) is 1.32. The van der Waals surface area contributed by atoms with Crippen molar-refractivity contribution in [1.82, 2.24) is 5.32 Å². The molecule has 0 saturated carbocycles. The van der Waals surface area contributed by atoms with Crippen molar-refractivity contribution in [2.45, 2.75) is 13.0 Å². The molecule has 2 N–H and O–H groups in total. The van der Waals surface area contributed by atoms with Gasteiger partial charge >= 0.3 is 5.97 Å². The van der Waals surface area contributed by atoms with Crippen LogP contribution in [0.15, 0.2) is 23.9 Å². The highest BCUT2D eigenvalue weighted by molar-refractivity contribution is 5.76. The van der Waals surface area contributed by atoms with Crippen LogP contribution in [-0.4, -0.2) is 17.1 Å². The average Bonchev–Trinajstić information content (AvgIpc) is 1.88. The van der Waals surface area contributed by atoms with E-state index >= 15 is 0 Å². The lowest BCUT2D eigenvalue weighted by atomic mass is 10.1. The van der Waals surface area contributed by atoms with Crippen molar-refractivity contribution in [3.63, 3.8) is 0 Å². The van der Waals surface area contributed by atoms with Crippen LogP contribution in [0.5, 0.6) is 0 Å². The van der Waals surface area contributed by atoms with E-state index in [9.17, 15) is 4.79 Å². The van der Waals surface area contributed by atoms with Crippen molar-refractivity contribution >= 4 is 5.97 Å². The second kappa shape index (κ2) is 2.56. The van der Waals surface area contributed by atoms with Gasteiger partial charge in [0.2, 0.25) is 0 Å². The summed E-state index contributed by atoms with van der Waals surface area (Å²) in [6.45, 7) is 1.87. The molecule has 1 heterocycles. The molecule has 1 rings (SSSR count). The zero-order chi connectivity index (χ0) is 7.56. The molecule has 0 aliphatic carbocycles. The minimum absolute atomic E-state index is 0.551. The van der Waals surface area contributed by atoms with E-state index in [4.69, 9.17) is 5.11 Å². The molecule has 0 radical (unpaired) electrons. The maximum Gasteiger partial charge on any atom is 0.330 e. The Bertz CT molecular complexity index is 206. The fourth-order valence-electron chi connectivity index (χ4n) is 0.792. The number of nitrogens with one attached hydrogen (secondary N) is 1. The molecule has 0 bridgehead atoms. The predicted molar refractivity (Wildman–Crippen MR) is 37.5 cm³/mol. The molecule has 10 heavy (non-hydrogen) atoms. The van der Waals surface area contributed by atoms with Crippen LogP contribution in [0.2, 0.25) is 0 Å². The molecule has 0 amide bonds. The number of allylic oxidation sites excluding steroid dienone is 2. The molecule has 1 aliphatic rings. The van der Waals surface area contributed by atoms with Gasteiger partial charge in [0.15, 0.2) is 0 Å². The Morgan fingerprint density at radius 3 is 2.90 bits per heavy atom. The van der Waals surface area contributed by atoms with Gasteiger partial charge in [0.25, 0.3) is 0 Å². The summed E-state index contributed by atoms with van der Waals surface area (Å²) in [7, 11) is 0. The van der Waals surface area contributed by atoms with Gasteiger partial charge in [-0.3, -0.25) is 0 Å². The Balaban J connectivity index is 2.69. The van der Waals surface area contributed by atoms with Crippen LogP contribution < -0.4 is 5.32 Å². The molecule has 1 aliphatic heterocycles. The Kier molecular flexibility index (Phi) is 1.76. The molecule has 3 nitrogen and oxygen atoms in total. The van der Waals surface area contributed by atoms with E-state index in [1.165, 1.54) is 0 Å². The van der Waals surface area contributed by atoms with Crippen molar-refractivity contribution in [1.29, 1.82) is 0 Å². The summed E-state index contributed by atoms with van der Waals surface area (Å²) in [5.41, 5.74) is 0.978. The second-order valence-electron chi connectivity index (χ2n) is 2.23. The van der Waals surface area contributed by atoms with Gasteiger partial charge in [-0.1, -0.05) is 5.57 Å². The van der Waals surface area contributed by atoms with Crippen LogP contribution in [0.4, 0.5) is 0 Å². The lowest BCUT2D eigenvalue weighted by Crippen LogP contribution is -2.32. The van der Waals surface area contributed by atoms with Gasteiger partial charge in [0.1, 0.15) is 6.04 Å². The average molecular weight is 139 g/mol. The van der Waals surface area contributed by atoms with Gasteiger partial charge in [-0.2, -0.15) is 0 Å². The number of hydrogen-bond donors (Lipinski definition) is 2. The first-order valence-electron chi connectivity index (χ1n) is 3.04. The highest BCUT2D eigenvalue weighted by atomic mass is 16.4. The SMILES string of the molecule is CC1=CC(C(=O)O)NC=C1. The van der Waals surface area contributed by atoms with Gasteiger partial charge < -0.3 is 10.4 Å². The fourth-order valence-corrected chi connectivity index (χ4v) is 0.792. The van der Waals surface area contributed by atoms with Crippen LogP contribution in [0.1, 0.15) is 6.92 Å². The topological polar surface area (TPSA) is 49.3 Å². The highest BCUT2D eigenvalue weighted by Crippen LogP contribution is 2.02. The summed E-state index contributed by atoms with van der Waals surface area (Å²) >= 11 is 0. The third kappa shape index (κ3) is 1.37. The lowest BCUT2D eigenvalue weighted by Gasteiger charge is -2.12. The molecular formula is C7H9NO2. The summed E-state index contributed by atoms with van der Waals surface area (Å²) in [5.74, 6) is -0.844. The minimum atomic E-state index is -0.844. The van der Waals surface area contributed by atoms with Crippen LogP contribution in [0, 0.1) is 0 Å². The van der Waals surface area contributed by atoms with Crippen LogP contribution in [0.25, 0.3) is 0 Å². The molecule has 1 unspecified atom stereocenters. The Labute approximate surface area is 59.0 Å². The number of carboxylic acids is 1. The molecule has 0 saturated heterocycles. The van der Waals surface area contributed by atoms with Crippen LogP contribution in [-0.2, 0) is 4.79 Å². The first kappa shape index (κ1) is 6.86. The molecule has 1 atom stereocenters. The fraction of sp³-hybridized carbons (Fsp3) is 0.286. The lowest BCUT2D eigenvalue weighted by molar-refractivity contribution is -0.137. The molecule has 3 heteroatoms. The largest absolute Gasteiger partial charge is 0.479 e. The van der Waals surface area contributed by atoms with Gasteiger partial charge in [0, 0.05) is 0 Å². The maximum atomic E-state index is 10.4. The number of hydrogen-bond acceptors (Lipinski definition) is 2. The monoisotopic (exact) mass is 139 g/mol. The summed E-state index contributed by atoms with van der Waals surface area (Å²) in [4.78, 5) is 10.4. The Morgan fingerprint density at radius 1 is 1.80 bits per heavy atom. The van der Waals surface area contributed by atoms with E-state index in [0.717, 1.165) is 5.57 Å². The van der Waals surface area contributed by atoms with Crippen LogP contribution >= 0.6 is 0 Å². The predicted octanol–water partition coefficient (Wildman–Crippen LogP) is 0.503. The molecule has 0 spiro atoms. The van der Waals surface area contributed by atoms with Crippen molar-refractivity contribution < 1.29 is 9.90 Å². The summed E-state index contributed by atoms with van der Waals surface area (Å²) < 4.78 is 0. The normalized spacial score (nSPS) is 23.3. The van der Waals surface area contributed by atoms with Gasteiger partial charge in [-0.25, -0.2) is 4.79 Å². The molecule has 0 aromatic heterocycles. The maximum absolute atomic E-state index is 10.4. The molecular weight excluding hydrogens is 130 g/mol.